The maximum Gasteiger partial charge on any atom is 0.261 e. The molecule has 0 fully saturated rings. The van der Waals surface area contributed by atoms with E-state index in [1.165, 1.54) is 11.1 Å². The van der Waals surface area contributed by atoms with Crippen LogP contribution in [0.15, 0.2) is 42.5 Å². The fourth-order valence-electron chi connectivity index (χ4n) is 3.48. The van der Waals surface area contributed by atoms with Gasteiger partial charge in [-0.1, -0.05) is 43.3 Å². The van der Waals surface area contributed by atoms with Gasteiger partial charge in [-0.05, 0) is 67.9 Å². The van der Waals surface area contributed by atoms with Gasteiger partial charge in [-0.2, -0.15) is 0 Å². The van der Waals surface area contributed by atoms with E-state index in [4.69, 9.17) is 4.74 Å². The molecule has 1 aliphatic carbocycles. The Morgan fingerprint density at radius 3 is 2.84 bits per heavy atom. The molecule has 0 spiro atoms. The van der Waals surface area contributed by atoms with Gasteiger partial charge >= 0.3 is 0 Å². The average molecular weight is 337 g/mol. The van der Waals surface area contributed by atoms with E-state index in [9.17, 15) is 4.79 Å². The summed E-state index contributed by atoms with van der Waals surface area (Å²) in [7, 11) is 0. The Morgan fingerprint density at radius 1 is 1.24 bits per heavy atom. The van der Waals surface area contributed by atoms with E-state index in [1.54, 1.807) is 0 Å². The van der Waals surface area contributed by atoms with Crippen LogP contribution in [0.4, 0.5) is 0 Å². The van der Waals surface area contributed by atoms with E-state index in [2.05, 4.69) is 29.6 Å². The number of carbonyl (C=O) groups excluding carboxylic acids is 1. The molecule has 0 unspecified atom stereocenters. The summed E-state index contributed by atoms with van der Waals surface area (Å²) in [5, 5.41) is 3.22. The molecule has 0 saturated heterocycles. The summed E-state index contributed by atoms with van der Waals surface area (Å²) in [6.07, 6.45) is 3.38. The quantitative estimate of drug-likeness (QED) is 0.862. The maximum absolute atomic E-state index is 12.8. The number of hydrogen-bond donors (Lipinski definition) is 1. The summed E-state index contributed by atoms with van der Waals surface area (Å²) < 4.78 is 6.05. The Bertz CT molecular complexity index is 753. The molecule has 25 heavy (non-hydrogen) atoms. The molecule has 0 saturated carbocycles. The monoisotopic (exact) mass is 337 g/mol. The largest absolute Gasteiger partial charge is 0.480 e. The van der Waals surface area contributed by atoms with Crippen molar-refractivity contribution in [2.45, 2.75) is 58.6 Å². The van der Waals surface area contributed by atoms with Gasteiger partial charge in [0.25, 0.3) is 5.91 Å². The molecule has 1 amide bonds. The van der Waals surface area contributed by atoms with Crippen LogP contribution in [-0.2, 0) is 11.2 Å². The van der Waals surface area contributed by atoms with Crippen molar-refractivity contribution in [1.82, 2.24) is 5.32 Å². The molecule has 2 aromatic rings. The number of benzene rings is 2. The standard InChI is InChI=1S/C22H27NO2/c1-4-20(25-21-14-15(2)12-13-16(21)3)22(24)23-19-11-7-9-17-8-5-6-10-18(17)19/h5-6,8,10,12-14,19-20H,4,7,9,11H2,1-3H3,(H,23,24)/t19-,20-/m1/s1. The molecule has 1 aliphatic rings. The molecule has 0 heterocycles. The van der Waals surface area contributed by atoms with Crippen LogP contribution in [0.25, 0.3) is 0 Å². The zero-order valence-electron chi connectivity index (χ0n) is 15.3. The molecule has 0 bridgehead atoms. The van der Waals surface area contributed by atoms with E-state index < -0.39 is 6.10 Å². The van der Waals surface area contributed by atoms with Crippen molar-refractivity contribution < 1.29 is 9.53 Å². The zero-order valence-corrected chi connectivity index (χ0v) is 15.3. The molecule has 2 atom stereocenters. The number of carbonyl (C=O) groups is 1. The minimum Gasteiger partial charge on any atom is -0.480 e. The zero-order chi connectivity index (χ0) is 17.8. The number of ether oxygens (including phenoxy) is 1. The van der Waals surface area contributed by atoms with Crippen molar-refractivity contribution >= 4 is 5.91 Å². The van der Waals surface area contributed by atoms with Crippen LogP contribution in [0.5, 0.6) is 5.75 Å². The lowest BCUT2D eigenvalue weighted by Gasteiger charge is -2.28. The normalized spacial score (nSPS) is 17.5. The molecule has 3 rings (SSSR count). The Kier molecular flexibility index (Phi) is 5.42. The van der Waals surface area contributed by atoms with Crippen LogP contribution in [0.3, 0.4) is 0 Å². The van der Waals surface area contributed by atoms with E-state index in [-0.39, 0.29) is 11.9 Å². The lowest BCUT2D eigenvalue weighted by molar-refractivity contribution is -0.129. The second-order valence-electron chi connectivity index (χ2n) is 6.94. The maximum atomic E-state index is 12.8. The van der Waals surface area contributed by atoms with Gasteiger partial charge in [0.15, 0.2) is 6.10 Å². The van der Waals surface area contributed by atoms with Gasteiger partial charge in [0.05, 0.1) is 6.04 Å². The summed E-state index contributed by atoms with van der Waals surface area (Å²) >= 11 is 0. The van der Waals surface area contributed by atoms with Gasteiger partial charge in [0.2, 0.25) is 0 Å². The summed E-state index contributed by atoms with van der Waals surface area (Å²) in [4.78, 5) is 12.8. The highest BCUT2D eigenvalue weighted by Gasteiger charge is 2.26. The van der Waals surface area contributed by atoms with Gasteiger partial charge in [0, 0.05) is 0 Å². The summed E-state index contributed by atoms with van der Waals surface area (Å²) in [6.45, 7) is 6.03. The first-order chi connectivity index (χ1) is 12.1. The summed E-state index contributed by atoms with van der Waals surface area (Å²) in [6, 6.07) is 14.6. The van der Waals surface area contributed by atoms with Gasteiger partial charge in [-0.15, -0.1) is 0 Å². The number of amides is 1. The topological polar surface area (TPSA) is 38.3 Å². The molecular weight excluding hydrogens is 310 g/mol. The fourth-order valence-corrected chi connectivity index (χ4v) is 3.48. The average Bonchev–Trinajstić information content (AvgIpc) is 2.62. The van der Waals surface area contributed by atoms with Crippen LogP contribution in [-0.4, -0.2) is 12.0 Å². The highest BCUT2D eigenvalue weighted by molar-refractivity contribution is 5.81. The van der Waals surface area contributed by atoms with Crippen molar-refractivity contribution in [2.24, 2.45) is 0 Å². The Morgan fingerprint density at radius 2 is 2.04 bits per heavy atom. The first-order valence-electron chi connectivity index (χ1n) is 9.20. The van der Waals surface area contributed by atoms with Crippen molar-refractivity contribution in [1.29, 1.82) is 0 Å². The summed E-state index contributed by atoms with van der Waals surface area (Å²) in [5.41, 5.74) is 4.79. The van der Waals surface area contributed by atoms with Crippen molar-refractivity contribution in [3.63, 3.8) is 0 Å². The molecule has 3 heteroatoms. The van der Waals surface area contributed by atoms with Gasteiger partial charge in [-0.25, -0.2) is 0 Å². The molecular formula is C22H27NO2. The number of nitrogens with one attached hydrogen (secondary N) is 1. The third-order valence-corrected chi connectivity index (χ3v) is 4.96. The number of fused-ring (bicyclic) bond motifs is 1. The number of rotatable bonds is 5. The first kappa shape index (κ1) is 17.5. The molecule has 2 aromatic carbocycles. The third kappa shape index (κ3) is 4.04. The molecule has 0 radical (unpaired) electrons. The number of hydrogen-bond acceptors (Lipinski definition) is 2. The minimum atomic E-state index is -0.463. The highest BCUT2D eigenvalue weighted by Crippen LogP contribution is 2.30. The van der Waals surface area contributed by atoms with E-state index >= 15 is 0 Å². The van der Waals surface area contributed by atoms with Crippen LogP contribution < -0.4 is 10.1 Å². The van der Waals surface area contributed by atoms with Crippen LogP contribution in [0.2, 0.25) is 0 Å². The predicted octanol–water partition coefficient (Wildman–Crippen LogP) is 4.65. The van der Waals surface area contributed by atoms with Crippen LogP contribution in [0, 0.1) is 13.8 Å². The number of aryl methyl sites for hydroxylation is 3. The van der Waals surface area contributed by atoms with Gasteiger partial charge in [0.1, 0.15) is 5.75 Å². The molecule has 132 valence electrons. The summed E-state index contributed by atoms with van der Waals surface area (Å²) in [5.74, 6) is 0.774. The SMILES string of the molecule is CC[C@@H](Oc1cc(C)ccc1C)C(=O)N[C@@H]1CCCc2ccccc21. The van der Waals surface area contributed by atoms with Crippen molar-refractivity contribution in [3.05, 3.63) is 64.7 Å². The first-order valence-corrected chi connectivity index (χ1v) is 9.20. The lowest BCUT2D eigenvalue weighted by atomic mass is 9.87. The van der Waals surface area contributed by atoms with E-state index in [1.807, 2.05) is 39.0 Å². The van der Waals surface area contributed by atoms with E-state index in [0.29, 0.717) is 6.42 Å². The minimum absolute atomic E-state index is 0.0230. The van der Waals surface area contributed by atoms with Gasteiger partial charge in [-0.3, -0.25) is 4.79 Å². The second-order valence-corrected chi connectivity index (χ2v) is 6.94. The van der Waals surface area contributed by atoms with Crippen molar-refractivity contribution in [2.75, 3.05) is 0 Å². The van der Waals surface area contributed by atoms with Crippen molar-refractivity contribution in [3.8, 4) is 5.75 Å². The third-order valence-electron chi connectivity index (χ3n) is 4.96. The van der Waals surface area contributed by atoms with Gasteiger partial charge < -0.3 is 10.1 Å². The smallest absolute Gasteiger partial charge is 0.261 e. The predicted molar refractivity (Wildman–Crippen MR) is 101 cm³/mol. The van der Waals surface area contributed by atoms with Crippen LogP contribution >= 0.6 is 0 Å². The highest BCUT2D eigenvalue weighted by atomic mass is 16.5. The molecule has 3 nitrogen and oxygen atoms in total. The second kappa shape index (κ2) is 7.73. The molecule has 1 N–H and O–H groups in total. The molecule has 0 aromatic heterocycles. The Balaban J connectivity index is 1.72. The van der Waals surface area contributed by atoms with E-state index in [0.717, 1.165) is 36.1 Å². The Labute approximate surface area is 150 Å². The Hall–Kier alpha value is -2.29. The fraction of sp³-hybridized carbons (Fsp3) is 0.409. The lowest BCUT2D eigenvalue weighted by Crippen LogP contribution is -2.41. The van der Waals surface area contributed by atoms with Crippen LogP contribution in [0.1, 0.15) is 54.5 Å². The molecule has 0 aliphatic heterocycles.